The summed E-state index contributed by atoms with van der Waals surface area (Å²) in [6.45, 7) is 0. The first-order chi connectivity index (χ1) is 5.25. The second-order valence-corrected chi connectivity index (χ2v) is 1.68. The van der Waals surface area contributed by atoms with E-state index < -0.39 is 17.3 Å². The van der Waals surface area contributed by atoms with Crippen molar-refractivity contribution in [2.75, 3.05) is 0 Å². The lowest BCUT2D eigenvalue weighted by Gasteiger charge is -1.93. The van der Waals surface area contributed by atoms with Gasteiger partial charge >= 0.3 is 0 Å². The first-order valence-corrected chi connectivity index (χ1v) is 2.66. The minimum absolute atomic E-state index is 0.644. The van der Waals surface area contributed by atoms with Crippen molar-refractivity contribution in [3.05, 3.63) is 40.3 Å². The van der Waals surface area contributed by atoms with E-state index in [9.17, 15) is 8.78 Å². The van der Waals surface area contributed by atoms with Gasteiger partial charge in [-0.3, -0.25) is 0 Å². The van der Waals surface area contributed by atoms with E-state index in [1.54, 1.807) is 0 Å². The molecule has 1 rings (SSSR count). The van der Waals surface area contributed by atoms with Gasteiger partial charge in [0.25, 0.3) is 0 Å². The molecule has 0 aliphatic carbocycles. The number of rotatable bonds is 1. The van der Waals surface area contributed by atoms with Crippen LogP contribution < -0.4 is 0 Å². The second kappa shape index (κ2) is 2.98. The van der Waals surface area contributed by atoms with Crippen LogP contribution in [0.4, 0.5) is 14.5 Å². The van der Waals surface area contributed by atoms with E-state index in [0.29, 0.717) is 0 Å². The Morgan fingerprint density at radius 2 is 2.27 bits per heavy atom. The first-order valence-electron chi connectivity index (χ1n) is 2.66. The molecule has 0 aliphatic heterocycles. The summed E-state index contributed by atoms with van der Waals surface area (Å²) in [4.78, 5) is 2.25. The third-order valence-corrected chi connectivity index (χ3v) is 1.02. The topological polar surface area (TPSA) is 48.8 Å². The van der Waals surface area contributed by atoms with Crippen molar-refractivity contribution in [3.8, 4) is 0 Å². The van der Waals surface area contributed by atoms with Crippen LogP contribution in [0.3, 0.4) is 0 Å². The van der Waals surface area contributed by atoms with Crippen molar-refractivity contribution >= 4 is 5.69 Å². The monoisotopic (exact) mass is 154 g/mol. The summed E-state index contributed by atoms with van der Waals surface area (Å²) in [7, 11) is 0. The molecule has 1 radical (unpaired) electrons. The molecular weight excluding hydrogens is 152 g/mol. The molecule has 0 heterocycles. The standard InChI is InChI=1S/C6H2F2N3/c7-4-2-1-3-5(8)6(4)10-11-9/h1-2H. The molecule has 3 nitrogen and oxygen atoms in total. The molecule has 0 spiro atoms. The highest BCUT2D eigenvalue weighted by molar-refractivity contribution is 5.38. The van der Waals surface area contributed by atoms with Crippen LogP contribution in [0.2, 0.25) is 0 Å². The molecule has 1 aromatic carbocycles. The van der Waals surface area contributed by atoms with Crippen molar-refractivity contribution in [1.29, 1.82) is 0 Å². The zero-order valence-electron chi connectivity index (χ0n) is 5.25. The van der Waals surface area contributed by atoms with Crippen LogP contribution in [0.15, 0.2) is 17.2 Å². The van der Waals surface area contributed by atoms with E-state index in [2.05, 4.69) is 16.1 Å². The molecule has 0 unspecified atom stereocenters. The van der Waals surface area contributed by atoms with Gasteiger partial charge in [0.15, 0.2) is 0 Å². The molecule has 11 heavy (non-hydrogen) atoms. The van der Waals surface area contributed by atoms with Crippen LogP contribution in [0.1, 0.15) is 0 Å². The zero-order valence-corrected chi connectivity index (χ0v) is 5.25. The lowest BCUT2D eigenvalue weighted by atomic mass is 10.3. The molecule has 0 aromatic heterocycles. The largest absolute Gasteiger partial charge is 0.206 e. The van der Waals surface area contributed by atoms with Crippen molar-refractivity contribution in [2.24, 2.45) is 5.11 Å². The molecule has 0 fully saturated rings. The summed E-state index contributed by atoms with van der Waals surface area (Å²) in [5.41, 5.74) is 7.24. The predicted octanol–water partition coefficient (Wildman–Crippen LogP) is 2.71. The Labute approximate surface area is 60.9 Å². The van der Waals surface area contributed by atoms with Crippen LogP contribution in [0.25, 0.3) is 10.4 Å². The average Bonchev–Trinajstić information content (AvgIpc) is 1.97. The summed E-state index contributed by atoms with van der Waals surface area (Å²) < 4.78 is 25.0. The Balaban J connectivity index is 3.31. The molecule has 0 bridgehead atoms. The lowest BCUT2D eigenvalue weighted by Crippen LogP contribution is -1.79. The van der Waals surface area contributed by atoms with E-state index in [1.165, 1.54) is 0 Å². The Bertz CT molecular complexity index is 297. The van der Waals surface area contributed by atoms with Crippen LogP contribution in [0.5, 0.6) is 0 Å². The van der Waals surface area contributed by atoms with Crippen LogP contribution >= 0.6 is 0 Å². The molecule has 5 heteroatoms. The third-order valence-electron chi connectivity index (χ3n) is 1.02. The van der Waals surface area contributed by atoms with Crippen LogP contribution in [0, 0.1) is 17.7 Å². The van der Waals surface area contributed by atoms with Gasteiger partial charge in [-0.05, 0) is 17.7 Å². The van der Waals surface area contributed by atoms with Gasteiger partial charge in [0.2, 0.25) is 0 Å². The van der Waals surface area contributed by atoms with Crippen molar-refractivity contribution in [3.63, 3.8) is 0 Å². The first kappa shape index (κ1) is 7.50. The number of halogens is 2. The number of benzene rings is 1. The van der Waals surface area contributed by atoms with Gasteiger partial charge < -0.3 is 0 Å². The van der Waals surface area contributed by atoms with Crippen molar-refractivity contribution < 1.29 is 8.78 Å². The van der Waals surface area contributed by atoms with Gasteiger partial charge in [-0.2, -0.15) is 0 Å². The zero-order chi connectivity index (χ0) is 8.27. The molecule has 0 atom stereocenters. The highest BCUT2D eigenvalue weighted by Crippen LogP contribution is 2.20. The van der Waals surface area contributed by atoms with Gasteiger partial charge in [-0.25, -0.2) is 8.78 Å². The number of azide groups is 1. The number of nitrogens with zero attached hydrogens (tertiary/aromatic N) is 3. The van der Waals surface area contributed by atoms with Crippen LogP contribution in [-0.4, -0.2) is 0 Å². The van der Waals surface area contributed by atoms with E-state index in [4.69, 9.17) is 5.53 Å². The van der Waals surface area contributed by atoms with E-state index >= 15 is 0 Å². The highest BCUT2D eigenvalue weighted by atomic mass is 19.1. The smallest absolute Gasteiger partial charge is 0.143 e. The quantitative estimate of drug-likeness (QED) is 0.339. The minimum Gasteiger partial charge on any atom is -0.206 e. The van der Waals surface area contributed by atoms with Gasteiger partial charge in [0.1, 0.15) is 17.3 Å². The maximum absolute atomic E-state index is 12.5. The fourth-order valence-electron chi connectivity index (χ4n) is 0.577. The van der Waals surface area contributed by atoms with Gasteiger partial charge in [0, 0.05) is 11.0 Å². The SMILES string of the molecule is [N-]=[N+]=Nc1c(F)[c]ccc1F. The molecule has 1 aromatic rings. The van der Waals surface area contributed by atoms with E-state index in [1.807, 2.05) is 0 Å². The summed E-state index contributed by atoms with van der Waals surface area (Å²) in [5.74, 6) is -1.87. The Morgan fingerprint density at radius 1 is 1.55 bits per heavy atom. The highest BCUT2D eigenvalue weighted by Gasteiger charge is 2.04. The maximum atomic E-state index is 12.5. The molecule has 55 valence electrons. The minimum atomic E-state index is -0.984. The Kier molecular flexibility index (Phi) is 2.03. The number of hydrogen-bond acceptors (Lipinski definition) is 1. The van der Waals surface area contributed by atoms with E-state index in [0.717, 1.165) is 12.1 Å². The molecule has 0 saturated heterocycles. The summed E-state index contributed by atoms with van der Waals surface area (Å²) >= 11 is 0. The predicted molar refractivity (Wildman–Crippen MR) is 34.0 cm³/mol. The average molecular weight is 154 g/mol. The van der Waals surface area contributed by atoms with Gasteiger partial charge in [0.05, 0.1) is 0 Å². The summed E-state index contributed by atoms with van der Waals surface area (Å²) in [6.07, 6.45) is 0. The third kappa shape index (κ3) is 1.45. The lowest BCUT2D eigenvalue weighted by molar-refractivity contribution is 0.585. The molecule has 0 N–H and O–H groups in total. The van der Waals surface area contributed by atoms with Gasteiger partial charge in [-0.15, -0.1) is 0 Å². The summed E-state index contributed by atoms with van der Waals surface area (Å²) in [6, 6.07) is 4.09. The van der Waals surface area contributed by atoms with Crippen molar-refractivity contribution in [2.45, 2.75) is 0 Å². The van der Waals surface area contributed by atoms with Crippen molar-refractivity contribution in [1.82, 2.24) is 0 Å². The fraction of sp³-hybridized carbons (Fsp3) is 0. The second-order valence-electron chi connectivity index (χ2n) is 1.68. The molecular formula is C6H2F2N3. The summed E-state index contributed by atoms with van der Waals surface area (Å²) in [5, 5.41) is 2.81. The molecule has 0 amide bonds. The van der Waals surface area contributed by atoms with E-state index in [-0.39, 0.29) is 0 Å². The normalized spacial score (nSPS) is 8.91. The molecule has 0 aliphatic rings. The number of hydrogen-bond donors (Lipinski definition) is 0. The Morgan fingerprint density at radius 3 is 2.82 bits per heavy atom. The fourth-order valence-corrected chi connectivity index (χ4v) is 0.577. The molecule has 0 saturated carbocycles. The maximum Gasteiger partial charge on any atom is 0.143 e. The Hall–Kier alpha value is -1.61. The van der Waals surface area contributed by atoms with Gasteiger partial charge in [-0.1, -0.05) is 5.11 Å². The van der Waals surface area contributed by atoms with Crippen LogP contribution in [-0.2, 0) is 0 Å².